The Morgan fingerprint density at radius 1 is 1.56 bits per heavy atom. The summed E-state index contributed by atoms with van der Waals surface area (Å²) in [7, 11) is 0. The summed E-state index contributed by atoms with van der Waals surface area (Å²) in [6.07, 6.45) is 2.12. The highest BCUT2D eigenvalue weighted by atomic mass is 16.5. The van der Waals surface area contributed by atoms with Gasteiger partial charge >= 0.3 is 5.97 Å². The number of ether oxygens (including phenoxy) is 1. The first kappa shape index (κ1) is 13.1. The molecule has 0 aliphatic carbocycles. The van der Waals surface area contributed by atoms with E-state index in [1.165, 1.54) is 0 Å². The van der Waals surface area contributed by atoms with E-state index in [1.807, 2.05) is 0 Å². The van der Waals surface area contributed by atoms with Gasteiger partial charge in [0.1, 0.15) is 11.8 Å². The third kappa shape index (κ3) is 3.57. The molecule has 0 aromatic heterocycles. The van der Waals surface area contributed by atoms with E-state index in [1.54, 1.807) is 0 Å². The fourth-order valence-corrected chi connectivity index (χ4v) is 2.03. The summed E-state index contributed by atoms with van der Waals surface area (Å²) >= 11 is 0. The van der Waals surface area contributed by atoms with Crippen molar-refractivity contribution < 1.29 is 19.4 Å². The van der Waals surface area contributed by atoms with Gasteiger partial charge in [-0.2, -0.15) is 0 Å². The van der Waals surface area contributed by atoms with Gasteiger partial charge in [-0.1, -0.05) is 13.3 Å². The van der Waals surface area contributed by atoms with Gasteiger partial charge in [0.2, 0.25) is 0 Å². The molecule has 3 N–H and O–H groups in total. The number of carbonyl (C=O) groups excluding carboxylic acids is 1. The summed E-state index contributed by atoms with van der Waals surface area (Å²) in [6, 6.07) is -1.09. The van der Waals surface area contributed by atoms with Crippen molar-refractivity contribution in [2.45, 2.75) is 44.8 Å². The van der Waals surface area contributed by atoms with Crippen molar-refractivity contribution in [1.82, 2.24) is 0 Å². The molecule has 5 nitrogen and oxygen atoms in total. The maximum Gasteiger partial charge on any atom is 0.320 e. The Balaban J connectivity index is 2.36. The van der Waals surface area contributed by atoms with E-state index in [0.29, 0.717) is 18.9 Å². The Morgan fingerprint density at radius 3 is 2.81 bits per heavy atom. The van der Waals surface area contributed by atoms with Crippen LogP contribution in [-0.4, -0.2) is 35.6 Å². The second-order valence-corrected chi connectivity index (χ2v) is 4.26. The Kier molecular flexibility index (Phi) is 4.89. The first-order valence-electron chi connectivity index (χ1n) is 5.66. The summed E-state index contributed by atoms with van der Waals surface area (Å²) in [5.74, 6) is -0.835. The van der Waals surface area contributed by atoms with Crippen molar-refractivity contribution in [1.29, 1.82) is 0 Å². The summed E-state index contributed by atoms with van der Waals surface area (Å²) in [4.78, 5) is 22.0. The van der Waals surface area contributed by atoms with Gasteiger partial charge < -0.3 is 15.6 Å². The predicted octanol–water partition coefficient (Wildman–Crippen LogP) is 0.563. The van der Waals surface area contributed by atoms with Gasteiger partial charge in [0.15, 0.2) is 0 Å². The third-order valence-corrected chi connectivity index (χ3v) is 3.06. The first-order chi connectivity index (χ1) is 7.54. The largest absolute Gasteiger partial charge is 0.480 e. The summed E-state index contributed by atoms with van der Waals surface area (Å²) in [6.45, 7) is 2.77. The maximum atomic E-state index is 11.6. The molecule has 1 aliphatic rings. The van der Waals surface area contributed by atoms with E-state index >= 15 is 0 Å². The van der Waals surface area contributed by atoms with Gasteiger partial charge in [-0.25, -0.2) is 0 Å². The van der Waals surface area contributed by atoms with Crippen LogP contribution in [-0.2, 0) is 14.3 Å². The van der Waals surface area contributed by atoms with Gasteiger partial charge in [0, 0.05) is 19.4 Å². The lowest BCUT2D eigenvalue weighted by Crippen LogP contribution is -2.33. The second kappa shape index (κ2) is 5.96. The Hall–Kier alpha value is -0.940. The highest BCUT2D eigenvalue weighted by Crippen LogP contribution is 2.26. The zero-order chi connectivity index (χ0) is 12.1. The minimum atomic E-state index is -1.13. The monoisotopic (exact) mass is 229 g/mol. The van der Waals surface area contributed by atoms with Crippen molar-refractivity contribution in [3.63, 3.8) is 0 Å². The quantitative estimate of drug-likeness (QED) is 0.694. The molecule has 0 bridgehead atoms. The lowest BCUT2D eigenvalue weighted by molar-refractivity contribution is -0.140. The summed E-state index contributed by atoms with van der Waals surface area (Å²) < 4.78 is 5.46. The molecular formula is C11H19NO4. The molecule has 1 heterocycles. The predicted molar refractivity (Wildman–Crippen MR) is 58.0 cm³/mol. The van der Waals surface area contributed by atoms with Crippen LogP contribution in [0.5, 0.6) is 0 Å². The lowest BCUT2D eigenvalue weighted by atomic mass is 9.93. The number of rotatable bonds is 6. The van der Waals surface area contributed by atoms with Crippen LogP contribution in [0.3, 0.4) is 0 Å². The number of carboxylic acids is 1. The van der Waals surface area contributed by atoms with Crippen molar-refractivity contribution in [2.24, 2.45) is 11.7 Å². The average molecular weight is 229 g/mol. The molecule has 1 rings (SSSR count). The number of Topliss-reactive ketones (excluding diaryl/α,β-unsaturated/α-hetero) is 1. The molecule has 3 unspecified atom stereocenters. The zero-order valence-electron chi connectivity index (χ0n) is 9.52. The fourth-order valence-electron chi connectivity index (χ4n) is 2.03. The van der Waals surface area contributed by atoms with Crippen LogP contribution >= 0.6 is 0 Å². The molecule has 1 fully saturated rings. The van der Waals surface area contributed by atoms with E-state index in [2.05, 4.69) is 6.92 Å². The van der Waals surface area contributed by atoms with Gasteiger partial charge in [0.05, 0.1) is 6.10 Å². The molecule has 92 valence electrons. The second-order valence-electron chi connectivity index (χ2n) is 4.26. The van der Waals surface area contributed by atoms with E-state index in [0.717, 1.165) is 12.8 Å². The van der Waals surface area contributed by atoms with E-state index < -0.39 is 12.0 Å². The summed E-state index contributed by atoms with van der Waals surface area (Å²) in [5.41, 5.74) is 5.30. The number of hydrogen-bond donors (Lipinski definition) is 2. The lowest BCUT2D eigenvalue weighted by Gasteiger charge is -2.16. The van der Waals surface area contributed by atoms with Crippen LogP contribution in [0.25, 0.3) is 0 Å². The van der Waals surface area contributed by atoms with E-state index in [9.17, 15) is 9.59 Å². The molecule has 0 spiro atoms. The molecular weight excluding hydrogens is 210 g/mol. The maximum absolute atomic E-state index is 11.6. The molecule has 1 aliphatic heterocycles. The first-order valence-corrected chi connectivity index (χ1v) is 5.66. The van der Waals surface area contributed by atoms with Crippen molar-refractivity contribution in [2.75, 3.05) is 6.61 Å². The van der Waals surface area contributed by atoms with Gasteiger partial charge in [-0.15, -0.1) is 0 Å². The standard InChI is InChI=1S/C11H19NO4/c1-2-7-3-4-16-10(7)6-8(13)5-9(12)11(14)15/h7,9-10H,2-6,12H2,1H3,(H,14,15). The molecule has 0 aromatic rings. The number of nitrogens with two attached hydrogens (primary N) is 1. The Morgan fingerprint density at radius 2 is 2.25 bits per heavy atom. The number of carboxylic acid groups (broad SMARTS) is 1. The third-order valence-electron chi connectivity index (χ3n) is 3.06. The average Bonchev–Trinajstić information content (AvgIpc) is 2.64. The number of carbonyl (C=O) groups is 2. The topological polar surface area (TPSA) is 89.6 Å². The van der Waals surface area contributed by atoms with Crippen molar-refractivity contribution in [3.05, 3.63) is 0 Å². The molecule has 5 heteroatoms. The molecule has 3 atom stereocenters. The SMILES string of the molecule is CCC1CCOC1CC(=O)CC(N)C(=O)O. The molecule has 0 radical (unpaired) electrons. The van der Waals surface area contributed by atoms with Crippen LogP contribution in [0, 0.1) is 5.92 Å². The Labute approximate surface area is 95.0 Å². The zero-order valence-corrected chi connectivity index (χ0v) is 9.52. The minimum Gasteiger partial charge on any atom is -0.480 e. The van der Waals surface area contributed by atoms with Crippen LogP contribution in [0.15, 0.2) is 0 Å². The van der Waals surface area contributed by atoms with Gasteiger partial charge in [0.25, 0.3) is 0 Å². The highest BCUT2D eigenvalue weighted by molar-refractivity contribution is 5.85. The number of aliphatic carboxylic acids is 1. The van der Waals surface area contributed by atoms with E-state index in [-0.39, 0.29) is 18.3 Å². The van der Waals surface area contributed by atoms with Crippen LogP contribution in [0.2, 0.25) is 0 Å². The van der Waals surface area contributed by atoms with Gasteiger partial charge in [-0.05, 0) is 12.3 Å². The molecule has 16 heavy (non-hydrogen) atoms. The number of hydrogen-bond acceptors (Lipinski definition) is 4. The van der Waals surface area contributed by atoms with Crippen molar-refractivity contribution in [3.8, 4) is 0 Å². The summed E-state index contributed by atoms with van der Waals surface area (Å²) in [5, 5.41) is 8.58. The molecule has 0 amide bonds. The fraction of sp³-hybridized carbons (Fsp3) is 0.818. The van der Waals surface area contributed by atoms with Crippen LogP contribution in [0.1, 0.15) is 32.6 Å². The van der Waals surface area contributed by atoms with Crippen LogP contribution < -0.4 is 5.73 Å². The Bertz CT molecular complexity index is 267. The molecule has 0 saturated carbocycles. The molecule has 1 saturated heterocycles. The number of ketones is 1. The minimum absolute atomic E-state index is 0.0431. The highest BCUT2D eigenvalue weighted by Gasteiger charge is 2.29. The molecule has 0 aromatic carbocycles. The smallest absolute Gasteiger partial charge is 0.320 e. The van der Waals surface area contributed by atoms with Crippen molar-refractivity contribution >= 4 is 11.8 Å². The van der Waals surface area contributed by atoms with Crippen LogP contribution in [0.4, 0.5) is 0 Å². The van der Waals surface area contributed by atoms with Gasteiger partial charge in [-0.3, -0.25) is 9.59 Å². The normalized spacial score (nSPS) is 26.6. The van der Waals surface area contributed by atoms with E-state index in [4.69, 9.17) is 15.6 Å².